The first-order valence-corrected chi connectivity index (χ1v) is 18.1. The lowest BCUT2D eigenvalue weighted by Crippen LogP contribution is -2.25. The summed E-state index contributed by atoms with van der Waals surface area (Å²) in [5.74, 6) is 1.66. The SMILES string of the molecule is C=C/N=C(\C=C/C)N(c1cccc2ccccc12)c1cc(C)c2ccc3c(N(c4ccccn4)c4cccc5ccccc45)cc(C)c4ccc1c2c43. The highest BCUT2D eigenvalue weighted by molar-refractivity contribution is 6.31. The molecule has 0 amide bonds. The van der Waals surface area contributed by atoms with E-state index in [0.29, 0.717) is 0 Å². The van der Waals surface area contributed by atoms with Crippen LogP contribution in [-0.4, -0.2) is 10.8 Å². The van der Waals surface area contributed by atoms with Gasteiger partial charge in [0.1, 0.15) is 11.7 Å². The van der Waals surface area contributed by atoms with Crippen molar-refractivity contribution in [1.82, 2.24) is 4.98 Å². The molecule has 0 atom stereocenters. The molecule has 9 aromatic rings. The van der Waals surface area contributed by atoms with Crippen LogP contribution in [0.4, 0.5) is 28.6 Å². The molecule has 0 aliphatic heterocycles. The van der Waals surface area contributed by atoms with Crippen molar-refractivity contribution >= 4 is 88.3 Å². The van der Waals surface area contributed by atoms with Gasteiger partial charge in [-0.25, -0.2) is 9.98 Å². The number of aliphatic imine (C=N–C) groups is 1. The number of fused-ring (bicyclic) bond motifs is 2. The van der Waals surface area contributed by atoms with Crippen LogP contribution in [0.2, 0.25) is 0 Å². The van der Waals surface area contributed by atoms with Crippen molar-refractivity contribution in [2.24, 2.45) is 4.99 Å². The van der Waals surface area contributed by atoms with E-state index >= 15 is 0 Å². The molecule has 0 aliphatic carbocycles. The van der Waals surface area contributed by atoms with Crippen molar-refractivity contribution in [1.29, 1.82) is 0 Å². The number of nitrogens with zero attached hydrogens (tertiary/aromatic N) is 4. The first-order chi connectivity index (χ1) is 26.1. The zero-order valence-corrected chi connectivity index (χ0v) is 30.1. The lowest BCUT2D eigenvalue weighted by atomic mass is 9.88. The molecule has 53 heavy (non-hydrogen) atoms. The summed E-state index contributed by atoms with van der Waals surface area (Å²) in [6.07, 6.45) is 7.61. The standard InChI is InChI=1S/C49H38N4/c1-5-15-46(50-6-2)52(42-22-13-18-34-16-7-9-20-38(34)42)44-30-32(3)36-26-28-41-45(31-33(4)37-25-27-40(44)48(36)49(37)41)53(47-24-11-12-29-51-47)43-23-14-19-35-17-8-10-21-39(35)43/h5-31H,2H2,1,3-4H3/b15-5-,50-46+. The lowest BCUT2D eigenvalue weighted by Gasteiger charge is -2.30. The van der Waals surface area contributed by atoms with Gasteiger partial charge in [0.05, 0.1) is 22.7 Å². The third-order valence-corrected chi connectivity index (χ3v) is 10.4. The van der Waals surface area contributed by atoms with Crippen LogP contribution < -0.4 is 9.80 Å². The molecule has 0 N–H and O–H groups in total. The number of aryl methyl sites for hydroxylation is 2. The fourth-order valence-electron chi connectivity index (χ4n) is 8.13. The molecule has 4 nitrogen and oxygen atoms in total. The average Bonchev–Trinajstić information content (AvgIpc) is 3.19. The van der Waals surface area contributed by atoms with E-state index in [9.17, 15) is 0 Å². The van der Waals surface area contributed by atoms with Crippen molar-refractivity contribution in [2.75, 3.05) is 9.80 Å². The topological polar surface area (TPSA) is 31.7 Å². The number of hydrogen-bond donors (Lipinski definition) is 0. The monoisotopic (exact) mass is 682 g/mol. The van der Waals surface area contributed by atoms with Gasteiger partial charge in [-0.3, -0.25) is 9.80 Å². The van der Waals surface area contributed by atoms with E-state index in [0.717, 1.165) is 45.2 Å². The predicted molar refractivity (Wildman–Crippen MR) is 228 cm³/mol. The van der Waals surface area contributed by atoms with Crippen LogP contribution in [0, 0.1) is 13.8 Å². The van der Waals surface area contributed by atoms with E-state index in [1.807, 2.05) is 25.3 Å². The van der Waals surface area contributed by atoms with Gasteiger partial charge < -0.3 is 0 Å². The van der Waals surface area contributed by atoms with Crippen molar-refractivity contribution in [3.05, 3.63) is 182 Å². The molecule has 0 aliphatic rings. The van der Waals surface area contributed by atoms with Gasteiger partial charge in [-0.1, -0.05) is 116 Å². The van der Waals surface area contributed by atoms with Crippen LogP contribution in [-0.2, 0) is 0 Å². The molecule has 0 spiro atoms. The van der Waals surface area contributed by atoms with Crippen molar-refractivity contribution in [3.63, 3.8) is 0 Å². The summed E-state index contributed by atoms with van der Waals surface area (Å²) in [5, 5.41) is 12.0. The number of amidine groups is 1. The molecule has 0 radical (unpaired) electrons. The molecular formula is C49H38N4. The second-order valence-corrected chi connectivity index (χ2v) is 13.5. The molecule has 0 saturated heterocycles. The maximum absolute atomic E-state index is 4.93. The van der Waals surface area contributed by atoms with Crippen molar-refractivity contribution in [2.45, 2.75) is 20.8 Å². The minimum absolute atomic E-state index is 0.794. The number of benzene rings is 8. The predicted octanol–water partition coefficient (Wildman–Crippen LogP) is 13.6. The Bertz CT molecular complexity index is 2890. The quantitative estimate of drug-likeness (QED) is 0.0952. The fraction of sp³-hybridized carbons (Fsp3) is 0.0612. The largest absolute Gasteiger partial charge is 0.294 e. The first-order valence-electron chi connectivity index (χ1n) is 18.1. The molecule has 4 heteroatoms. The van der Waals surface area contributed by atoms with Crippen LogP contribution in [0.3, 0.4) is 0 Å². The van der Waals surface area contributed by atoms with Crippen molar-refractivity contribution < 1.29 is 0 Å². The van der Waals surface area contributed by atoms with Gasteiger partial charge in [-0.05, 0) is 107 Å². The highest BCUT2D eigenvalue weighted by Gasteiger charge is 2.25. The number of aromatic nitrogens is 1. The zero-order chi connectivity index (χ0) is 36.1. The Morgan fingerprint density at radius 1 is 0.566 bits per heavy atom. The van der Waals surface area contributed by atoms with E-state index in [-0.39, 0.29) is 0 Å². The number of rotatable bonds is 7. The van der Waals surface area contributed by atoms with Crippen LogP contribution in [0.15, 0.2) is 176 Å². The second kappa shape index (κ2) is 13.1. The molecule has 1 aromatic heterocycles. The molecule has 8 aromatic carbocycles. The van der Waals surface area contributed by atoms with E-state index in [1.165, 1.54) is 54.2 Å². The molecule has 254 valence electrons. The van der Waals surface area contributed by atoms with Gasteiger partial charge in [0.15, 0.2) is 0 Å². The van der Waals surface area contributed by atoms with Gasteiger partial charge >= 0.3 is 0 Å². The highest BCUT2D eigenvalue weighted by Crippen LogP contribution is 2.49. The summed E-state index contributed by atoms with van der Waals surface area (Å²) in [6.45, 7) is 10.5. The molecule has 0 fully saturated rings. The van der Waals surface area contributed by atoms with Gasteiger partial charge in [-0.15, -0.1) is 0 Å². The maximum atomic E-state index is 4.93. The second-order valence-electron chi connectivity index (χ2n) is 13.5. The first kappa shape index (κ1) is 32.1. The Labute approximate surface area is 309 Å². The summed E-state index contributed by atoms with van der Waals surface area (Å²) in [5.41, 5.74) is 6.72. The minimum atomic E-state index is 0.794. The van der Waals surface area contributed by atoms with Crippen LogP contribution >= 0.6 is 0 Å². The third kappa shape index (κ3) is 5.22. The lowest BCUT2D eigenvalue weighted by molar-refractivity contribution is 1.19. The van der Waals surface area contributed by atoms with Crippen molar-refractivity contribution in [3.8, 4) is 0 Å². The third-order valence-electron chi connectivity index (χ3n) is 10.4. The van der Waals surface area contributed by atoms with Crippen LogP contribution in [0.1, 0.15) is 18.1 Å². The average molecular weight is 683 g/mol. The fourth-order valence-corrected chi connectivity index (χ4v) is 8.13. The number of pyridine rings is 1. The Morgan fingerprint density at radius 2 is 1.11 bits per heavy atom. The molecule has 9 rings (SSSR count). The summed E-state index contributed by atoms with van der Waals surface area (Å²) >= 11 is 0. The summed E-state index contributed by atoms with van der Waals surface area (Å²) in [4.78, 5) is 14.4. The maximum Gasteiger partial charge on any atom is 0.137 e. The Hall–Kier alpha value is -6.78. The molecule has 0 unspecified atom stereocenters. The normalized spacial score (nSPS) is 12.2. The zero-order valence-electron chi connectivity index (χ0n) is 30.1. The highest BCUT2D eigenvalue weighted by atomic mass is 15.2. The number of allylic oxidation sites excluding steroid dienone is 1. The van der Waals surface area contributed by atoms with Crippen LogP contribution in [0.5, 0.6) is 0 Å². The molecular weight excluding hydrogens is 645 g/mol. The van der Waals surface area contributed by atoms with Gasteiger partial charge in [0.25, 0.3) is 0 Å². The van der Waals surface area contributed by atoms with Crippen LogP contribution in [0.25, 0.3) is 53.9 Å². The number of hydrogen-bond acceptors (Lipinski definition) is 3. The van der Waals surface area contributed by atoms with Gasteiger partial charge in [0.2, 0.25) is 0 Å². The number of anilines is 5. The summed E-state index contributed by atoms with van der Waals surface area (Å²) < 4.78 is 0. The molecule has 0 bridgehead atoms. The van der Waals surface area contributed by atoms with E-state index in [4.69, 9.17) is 9.98 Å². The van der Waals surface area contributed by atoms with E-state index < -0.39 is 0 Å². The van der Waals surface area contributed by atoms with E-state index in [2.05, 4.69) is 170 Å². The van der Waals surface area contributed by atoms with E-state index in [1.54, 1.807) is 6.20 Å². The van der Waals surface area contributed by atoms with Gasteiger partial charge in [0, 0.05) is 33.9 Å². The Kier molecular flexibility index (Phi) is 7.93. The molecule has 0 saturated carbocycles. The molecule has 1 heterocycles. The van der Waals surface area contributed by atoms with Gasteiger partial charge in [-0.2, -0.15) is 0 Å². The minimum Gasteiger partial charge on any atom is -0.294 e. The summed E-state index contributed by atoms with van der Waals surface area (Å²) in [7, 11) is 0. The Balaban J connectivity index is 1.39. The smallest absolute Gasteiger partial charge is 0.137 e. The summed E-state index contributed by atoms with van der Waals surface area (Å²) in [6, 6.07) is 50.1. The Morgan fingerprint density at radius 3 is 1.74 bits per heavy atom.